The SMILES string of the molecule is CN1CCC(n2cncc2C(C)(C)N)CC1. The molecule has 0 aromatic carbocycles. The smallest absolute Gasteiger partial charge is 0.0951 e. The highest BCUT2D eigenvalue weighted by molar-refractivity contribution is 5.11. The number of imidazole rings is 1. The van der Waals surface area contributed by atoms with Crippen LogP contribution >= 0.6 is 0 Å². The van der Waals surface area contributed by atoms with Crippen molar-refractivity contribution in [3.05, 3.63) is 18.2 Å². The lowest BCUT2D eigenvalue weighted by Crippen LogP contribution is -2.36. The van der Waals surface area contributed by atoms with Crippen molar-refractivity contribution in [2.75, 3.05) is 20.1 Å². The normalized spacial score (nSPS) is 20.2. The number of hydrogen-bond donors (Lipinski definition) is 1. The van der Waals surface area contributed by atoms with Crippen LogP contribution in [-0.4, -0.2) is 34.6 Å². The molecule has 1 aromatic heterocycles. The summed E-state index contributed by atoms with van der Waals surface area (Å²) in [6.45, 7) is 6.39. The average Bonchev–Trinajstić information content (AvgIpc) is 2.66. The summed E-state index contributed by atoms with van der Waals surface area (Å²) < 4.78 is 2.27. The van der Waals surface area contributed by atoms with Gasteiger partial charge in [-0.3, -0.25) is 0 Å². The predicted octanol–water partition coefficient (Wildman–Crippen LogP) is 1.34. The van der Waals surface area contributed by atoms with E-state index in [4.69, 9.17) is 5.73 Å². The first-order valence-electron chi connectivity index (χ1n) is 5.98. The average molecular weight is 222 g/mol. The largest absolute Gasteiger partial charge is 0.330 e. The summed E-state index contributed by atoms with van der Waals surface area (Å²) >= 11 is 0. The molecule has 0 unspecified atom stereocenters. The van der Waals surface area contributed by atoms with Crippen molar-refractivity contribution in [2.45, 2.75) is 38.3 Å². The van der Waals surface area contributed by atoms with Gasteiger partial charge in [0.2, 0.25) is 0 Å². The second-order valence-electron chi connectivity index (χ2n) is 5.44. The molecule has 1 saturated heterocycles. The lowest BCUT2D eigenvalue weighted by Gasteiger charge is -2.32. The lowest BCUT2D eigenvalue weighted by atomic mass is 10.00. The zero-order chi connectivity index (χ0) is 11.8. The van der Waals surface area contributed by atoms with Crippen LogP contribution in [0.5, 0.6) is 0 Å². The van der Waals surface area contributed by atoms with Gasteiger partial charge in [0.15, 0.2) is 0 Å². The van der Waals surface area contributed by atoms with Crippen LogP contribution in [0.15, 0.2) is 12.5 Å². The molecule has 0 saturated carbocycles. The second-order valence-corrected chi connectivity index (χ2v) is 5.44. The first-order valence-corrected chi connectivity index (χ1v) is 5.98. The molecule has 1 aliphatic rings. The van der Waals surface area contributed by atoms with Gasteiger partial charge < -0.3 is 15.2 Å². The quantitative estimate of drug-likeness (QED) is 0.821. The van der Waals surface area contributed by atoms with Crippen LogP contribution in [0.4, 0.5) is 0 Å². The molecule has 0 bridgehead atoms. The summed E-state index contributed by atoms with van der Waals surface area (Å²) in [6.07, 6.45) is 6.21. The Balaban J connectivity index is 2.18. The van der Waals surface area contributed by atoms with Gasteiger partial charge in [-0.2, -0.15) is 0 Å². The Bertz CT molecular complexity index is 342. The Kier molecular flexibility index (Phi) is 3.04. The summed E-state index contributed by atoms with van der Waals surface area (Å²) in [6, 6.07) is 0.566. The fourth-order valence-electron chi connectivity index (χ4n) is 2.37. The second kappa shape index (κ2) is 4.18. The van der Waals surface area contributed by atoms with Gasteiger partial charge in [0.25, 0.3) is 0 Å². The van der Waals surface area contributed by atoms with Gasteiger partial charge in [-0.15, -0.1) is 0 Å². The molecular formula is C12H22N4. The molecule has 1 aromatic rings. The molecule has 4 heteroatoms. The van der Waals surface area contributed by atoms with Gasteiger partial charge in [-0.05, 0) is 46.8 Å². The Morgan fingerprint density at radius 3 is 2.56 bits per heavy atom. The van der Waals surface area contributed by atoms with Crippen LogP contribution in [0, 0.1) is 0 Å². The van der Waals surface area contributed by atoms with E-state index in [9.17, 15) is 0 Å². The van der Waals surface area contributed by atoms with Crippen LogP contribution in [0.1, 0.15) is 38.4 Å². The zero-order valence-corrected chi connectivity index (χ0v) is 10.5. The van der Waals surface area contributed by atoms with Gasteiger partial charge in [-0.1, -0.05) is 0 Å². The van der Waals surface area contributed by atoms with E-state index in [2.05, 4.69) is 21.5 Å². The summed E-state index contributed by atoms with van der Waals surface area (Å²) in [5.74, 6) is 0. The van der Waals surface area contributed by atoms with E-state index in [-0.39, 0.29) is 5.54 Å². The third-order valence-corrected chi connectivity index (χ3v) is 3.41. The zero-order valence-electron chi connectivity index (χ0n) is 10.5. The number of likely N-dealkylation sites (tertiary alicyclic amines) is 1. The summed E-state index contributed by atoms with van der Waals surface area (Å²) in [5.41, 5.74) is 7.00. The Labute approximate surface area is 97.4 Å². The van der Waals surface area contributed by atoms with E-state index in [0.29, 0.717) is 6.04 Å². The van der Waals surface area contributed by atoms with E-state index >= 15 is 0 Å². The predicted molar refractivity (Wildman–Crippen MR) is 65.2 cm³/mol. The van der Waals surface area contributed by atoms with E-state index in [1.165, 1.54) is 12.8 Å². The maximum absolute atomic E-state index is 6.16. The highest BCUT2D eigenvalue weighted by Gasteiger charge is 2.25. The summed E-state index contributed by atoms with van der Waals surface area (Å²) in [7, 11) is 2.18. The number of aromatic nitrogens is 2. The highest BCUT2D eigenvalue weighted by Crippen LogP contribution is 2.26. The van der Waals surface area contributed by atoms with Crippen LogP contribution < -0.4 is 5.73 Å². The molecule has 2 N–H and O–H groups in total. The monoisotopic (exact) mass is 222 g/mol. The van der Waals surface area contributed by atoms with E-state index in [0.717, 1.165) is 18.8 Å². The molecule has 2 rings (SSSR count). The number of rotatable bonds is 2. The Morgan fingerprint density at radius 1 is 1.38 bits per heavy atom. The third-order valence-electron chi connectivity index (χ3n) is 3.41. The summed E-state index contributed by atoms with van der Waals surface area (Å²) in [5, 5.41) is 0. The number of piperidine rings is 1. The minimum atomic E-state index is -0.306. The molecule has 0 spiro atoms. The van der Waals surface area contributed by atoms with Crippen molar-refractivity contribution in [1.82, 2.24) is 14.5 Å². The van der Waals surface area contributed by atoms with Crippen LogP contribution in [-0.2, 0) is 5.54 Å². The van der Waals surface area contributed by atoms with Crippen molar-refractivity contribution in [1.29, 1.82) is 0 Å². The number of hydrogen-bond acceptors (Lipinski definition) is 3. The van der Waals surface area contributed by atoms with Crippen molar-refractivity contribution in [2.24, 2.45) is 5.73 Å². The molecule has 16 heavy (non-hydrogen) atoms. The van der Waals surface area contributed by atoms with Crippen LogP contribution in [0.2, 0.25) is 0 Å². The fraction of sp³-hybridized carbons (Fsp3) is 0.750. The molecule has 4 nitrogen and oxygen atoms in total. The van der Waals surface area contributed by atoms with E-state index in [1.807, 2.05) is 26.4 Å². The molecule has 1 fully saturated rings. The third kappa shape index (κ3) is 2.28. The minimum absolute atomic E-state index is 0.306. The standard InChI is InChI=1S/C12H22N4/c1-12(2,13)11-8-14-9-16(11)10-4-6-15(3)7-5-10/h8-10H,4-7,13H2,1-3H3. The van der Waals surface area contributed by atoms with Crippen LogP contribution in [0.25, 0.3) is 0 Å². The van der Waals surface area contributed by atoms with Gasteiger partial charge in [0.1, 0.15) is 0 Å². The van der Waals surface area contributed by atoms with Crippen LogP contribution in [0.3, 0.4) is 0 Å². The van der Waals surface area contributed by atoms with Crippen molar-refractivity contribution in [3.8, 4) is 0 Å². The van der Waals surface area contributed by atoms with Gasteiger partial charge in [0.05, 0.1) is 17.6 Å². The fourth-order valence-corrected chi connectivity index (χ4v) is 2.37. The summed E-state index contributed by atoms with van der Waals surface area (Å²) in [4.78, 5) is 6.63. The van der Waals surface area contributed by atoms with Gasteiger partial charge in [0, 0.05) is 12.2 Å². The molecule has 0 amide bonds. The molecular weight excluding hydrogens is 200 g/mol. The van der Waals surface area contributed by atoms with E-state index < -0.39 is 0 Å². The lowest BCUT2D eigenvalue weighted by molar-refractivity contribution is 0.216. The number of nitrogens with two attached hydrogens (primary N) is 1. The Hall–Kier alpha value is -0.870. The molecule has 0 atom stereocenters. The molecule has 0 radical (unpaired) electrons. The first-order chi connectivity index (χ1) is 7.48. The van der Waals surface area contributed by atoms with E-state index in [1.54, 1.807) is 0 Å². The topological polar surface area (TPSA) is 47.1 Å². The molecule has 1 aliphatic heterocycles. The van der Waals surface area contributed by atoms with Gasteiger partial charge >= 0.3 is 0 Å². The van der Waals surface area contributed by atoms with Crippen molar-refractivity contribution < 1.29 is 0 Å². The Morgan fingerprint density at radius 2 is 2.00 bits per heavy atom. The van der Waals surface area contributed by atoms with Gasteiger partial charge in [-0.25, -0.2) is 4.98 Å². The van der Waals surface area contributed by atoms with Crippen molar-refractivity contribution >= 4 is 0 Å². The first kappa shape index (κ1) is 11.6. The maximum atomic E-state index is 6.16. The molecule has 2 heterocycles. The molecule has 0 aliphatic carbocycles. The maximum Gasteiger partial charge on any atom is 0.0951 e. The highest BCUT2D eigenvalue weighted by atomic mass is 15.2. The molecule has 90 valence electrons. The van der Waals surface area contributed by atoms with Crippen molar-refractivity contribution in [3.63, 3.8) is 0 Å². The minimum Gasteiger partial charge on any atom is -0.330 e. The number of nitrogens with zero attached hydrogens (tertiary/aromatic N) is 3.